The average molecular weight is 214 g/mol. The molecule has 15 heavy (non-hydrogen) atoms. The number of hydrogen-bond donors (Lipinski definition) is 2. The third-order valence-electron chi connectivity index (χ3n) is 3.06. The number of amides is 1. The maximum Gasteiger partial charge on any atom is 0.237 e. The van der Waals surface area contributed by atoms with E-state index in [-0.39, 0.29) is 18.0 Å². The quantitative estimate of drug-likeness (QED) is 0.681. The van der Waals surface area contributed by atoms with Crippen molar-refractivity contribution < 1.29 is 4.79 Å². The molecule has 0 spiro atoms. The Kier molecular flexibility index (Phi) is 7.39. The van der Waals surface area contributed by atoms with Gasteiger partial charge in [0.2, 0.25) is 5.91 Å². The highest BCUT2D eigenvalue weighted by Crippen LogP contribution is 2.12. The maximum atomic E-state index is 11.6. The Balaban J connectivity index is 4.04. The van der Waals surface area contributed by atoms with E-state index in [0.717, 1.165) is 25.7 Å². The predicted octanol–water partition coefficient (Wildman–Crippen LogP) is 2.05. The lowest BCUT2D eigenvalue weighted by molar-refractivity contribution is -0.123. The van der Waals surface area contributed by atoms with Crippen LogP contribution < -0.4 is 11.1 Å². The summed E-state index contributed by atoms with van der Waals surface area (Å²) in [6.45, 7) is 8.41. The first-order valence-electron chi connectivity index (χ1n) is 6.12. The number of hydrogen-bond acceptors (Lipinski definition) is 2. The summed E-state index contributed by atoms with van der Waals surface area (Å²) in [6, 6.07) is -0.109. The molecule has 0 aliphatic heterocycles. The lowest BCUT2D eigenvalue weighted by Crippen LogP contribution is -2.46. The standard InChI is InChI=1S/C12H26N2O/c1-5-8-11(13)12(15)14-9(4)10(6-2)7-3/h9-11H,5-8,13H2,1-4H3,(H,14,15)/t9?,11-/m0/s1. The van der Waals surface area contributed by atoms with E-state index in [0.29, 0.717) is 5.92 Å². The van der Waals surface area contributed by atoms with Crippen molar-refractivity contribution >= 4 is 5.91 Å². The molecule has 3 heteroatoms. The summed E-state index contributed by atoms with van der Waals surface area (Å²) in [5, 5.41) is 3.00. The van der Waals surface area contributed by atoms with Gasteiger partial charge in [-0.1, -0.05) is 40.0 Å². The molecule has 0 aromatic rings. The predicted molar refractivity (Wildman–Crippen MR) is 64.6 cm³/mol. The van der Waals surface area contributed by atoms with Gasteiger partial charge in [0.25, 0.3) is 0 Å². The molecule has 90 valence electrons. The van der Waals surface area contributed by atoms with E-state index in [9.17, 15) is 4.79 Å². The SMILES string of the molecule is CCC[C@H](N)C(=O)NC(C)C(CC)CC. The molecule has 1 amide bonds. The highest BCUT2D eigenvalue weighted by atomic mass is 16.2. The lowest BCUT2D eigenvalue weighted by atomic mass is 9.95. The van der Waals surface area contributed by atoms with Gasteiger partial charge in [-0.05, 0) is 19.3 Å². The van der Waals surface area contributed by atoms with E-state index in [2.05, 4.69) is 26.1 Å². The van der Waals surface area contributed by atoms with Crippen LogP contribution in [-0.4, -0.2) is 18.0 Å². The Morgan fingerprint density at radius 3 is 2.20 bits per heavy atom. The second-order valence-electron chi connectivity index (χ2n) is 4.27. The Bertz CT molecular complexity index is 178. The van der Waals surface area contributed by atoms with Gasteiger partial charge in [0.05, 0.1) is 6.04 Å². The fraction of sp³-hybridized carbons (Fsp3) is 0.917. The van der Waals surface area contributed by atoms with Gasteiger partial charge in [-0.3, -0.25) is 4.79 Å². The lowest BCUT2D eigenvalue weighted by Gasteiger charge is -2.24. The van der Waals surface area contributed by atoms with Crippen LogP contribution in [0.15, 0.2) is 0 Å². The summed E-state index contributed by atoms with van der Waals surface area (Å²) >= 11 is 0. The first-order chi connectivity index (χ1) is 7.06. The van der Waals surface area contributed by atoms with Crippen LogP contribution in [0.4, 0.5) is 0 Å². The Morgan fingerprint density at radius 2 is 1.80 bits per heavy atom. The van der Waals surface area contributed by atoms with Gasteiger partial charge in [-0.25, -0.2) is 0 Å². The van der Waals surface area contributed by atoms with E-state index < -0.39 is 0 Å². The van der Waals surface area contributed by atoms with Gasteiger partial charge in [0.15, 0.2) is 0 Å². The topological polar surface area (TPSA) is 55.1 Å². The van der Waals surface area contributed by atoms with Crippen molar-refractivity contribution in [2.24, 2.45) is 11.7 Å². The molecule has 0 aliphatic carbocycles. The zero-order chi connectivity index (χ0) is 11.8. The van der Waals surface area contributed by atoms with E-state index in [1.165, 1.54) is 0 Å². The summed E-state index contributed by atoms with van der Waals surface area (Å²) in [6.07, 6.45) is 3.91. The molecule has 0 saturated carbocycles. The molecule has 0 aliphatic rings. The van der Waals surface area contributed by atoms with Crippen LogP contribution in [0.2, 0.25) is 0 Å². The Labute approximate surface area is 93.8 Å². The van der Waals surface area contributed by atoms with Crippen molar-refractivity contribution in [1.82, 2.24) is 5.32 Å². The van der Waals surface area contributed by atoms with Crippen LogP contribution in [0.5, 0.6) is 0 Å². The molecule has 0 radical (unpaired) electrons. The van der Waals surface area contributed by atoms with Gasteiger partial charge in [-0.15, -0.1) is 0 Å². The Morgan fingerprint density at radius 1 is 1.27 bits per heavy atom. The molecule has 0 rings (SSSR count). The molecular formula is C12H26N2O. The van der Waals surface area contributed by atoms with Crippen molar-refractivity contribution in [1.29, 1.82) is 0 Å². The van der Waals surface area contributed by atoms with Crippen LogP contribution in [0, 0.1) is 5.92 Å². The largest absolute Gasteiger partial charge is 0.352 e. The zero-order valence-electron chi connectivity index (χ0n) is 10.5. The van der Waals surface area contributed by atoms with E-state index >= 15 is 0 Å². The van der Waals surface area contributed by atoms with Gasteiger partial charge in [0.1, 0.15) is 0 Å². The molecule has 0 saturated heterocycles. The van der Waals surface area contributed by atoms with Gasteiger partial charge < -0.3 is 11.1 Å². The molecule has 0 heterocycles. The third-order valence-corrected chi connectivity index (χ3v) is 3.06. The number of nitrogens with one attached hydrogen (secondary N) is 1. The van der Waals surface area contributed by atoms with Crippen LogP contribution in [0.1, 0.15) is 53.4 Å². The summed E-state index contributed by atoms with van der Waals surface area (Å²) in [7, 11) is 0. The van der Waals surface area contributed by atoms with Crippen LogP contribution in [0.3, 0.4) is 0 Å². The van der Waals surface area contributed by atoms with E-state index in [4.69, 9.17) is 5.73 Å². The number of carbonyl (C=O) groups is 1. The second kappa shape index (κ2) is 7.69. The molecule has 3 N–H and O–H groups in total. The molecule has 3 nitrogen and oxygen atoms in total. The molecule has 0 aromatic carbocycles. The minimum Gasteiger partial charge on any atom is -0.352 e. The van der Waals surface area contributed by atoms with Gasteiger partial charge >= 0.3 is 0 Å². The summed E-state index contributed by atoms with van der Waals surface area (Å²) in [5.74, 6) is 0.555. The molecule has 0 bridgehead atoms. The van der Waals surface area contributed by atoms with Crippen LogP contribution in [0.25, 0.3) is 0 Å². The number of carbonyl (C=O) groups excluding carboxylic acids is 1. The molecular weight excluding hydrogens is 188 g/mol. The van der Waals surface area contributed by atoms with Gasteiger partial charge in [-0.2, -0.15) is 0 Å². The molecule has 2 atom stereocenters. The Hall–Kier alpha value is -0.570. The minimum atomic E-state index is -0.341. The third kappa shape index (κ3) is 5.17. The maximum absolute atomic E-state index is 11.6. The summed E-state index contributed by atoms with van der Waals surface area (Å²) in [5.41, 5.74) is 5.75. The van der Waals surface area contributed by atoms with Crippen molar-refractivity contribution in [3.05, 3.63) is 0 Å². The van der Waals surface area contributed by atoms with E-state index in [1.807, 2.05) is 6.92 Å². The highest BCUT2D eigenvalue weighted by Gasteiger charge is 2.19. The summed E-state index contributed by atoms with van der Waals surface area (Å²) in [4.78, 5) is 11.6. The van der Waals surface area contributed by atoms with Crippen LogP contribution in [-0.2, 0) is 4.79 Å². The van der Waals surface area contributed by atoms with Crippen molar-refractivity contribution in [2.45, 2.75) is 65.5 Å². The van der Waals surface area contributed by atoms with Gasteiger partial charge in [0, 0.05) is 6.04 Å². The van der Waals surface area contributed by atoms with Crippen molar-refractivity contribution in [3.63, 3.8) is 0 Å². The molecule has 1 unspecified atom stereocenters. The zero-order valence-corrected chi connectivity index (χ0v) is 10.5. The molecule has 0 fully saturated rings. The number of nitrogens with two attached hydrogens (primary N) is 1. The second-order valence-corrected chi connectivity index (χ2v) is 4.27. The number of rotatable bonds is 7. The minimum absolute atomic E-state index is 0.00347. The highest BCUT2D eigenvalue weighted by molar-refractivity contribution is 5.81. The van der Waals surface area contributed by atoms with Crippen molar-refractivity contribution in [3.8, 4) is 0 Å². The van der Waals surface area contributed by atoms with Crippen molar-refractivity contribution in [2.75, 3.05) is 0 Å². The van der Waals surface area contributed by atoms with Crippen LogP contribution >= 0.6 is 0 Å². The average Bonchev–Trinajstić information content (AvgIpc) is 2.19. The smallest absolute Gasteiger partial charge is 0.237 e. The first kappa shape index (κ1) is 14.4. The fourth-order valence-electron chi connectivity index (χ4n) is 1.89. The first-order valence-corrected chi connectivity index (χ1v) is 6.12. The van der Waals surface area contributed by atoms with E-state index in [1.54, 1.807) is 0 Å². The monoisotopic (exact) mass is 214 g/mol. The summed E-state index contributed by atoms with van der Waals surface area (Å²) < 4.78 is 0. The molecule has 0 aromatic heterocycles. The normalized spacial score (nSPS) is 15.1. The fourth-order valence-corrected chi connectivity index (χ4v) is 1.89.